The van der Waals surface area contributed by atoms with Gasteiger partial charge in [-0.3, -0.25) is 4.68 Å². The van der Waals surface area contributed by atoms with Crippen molar-refractivity contribution in [3.05, 3.63) is 33.7 Å². The molecule has 100 valence electrons. The van der Waals surface area contributed by atoms with Gasteiger partial charge in [0.15, 0.2) is 0 Å². The van der Waals surface area contributed by atoms with E-state index in [9.17, 15) is 4.79 Å². The number of carboxylic acid groups (broad SMARTS) is 1. The molecule has 5 heteroatoms. The van der Waals surface area contributed by atoms with Crippen molar-refractivity contribution in [1.29, 1.82) is 0 Å². The van der Waals surface area contributed by atoms with Gasteiger partial charge >= 0.3 is 5.97 Å². The number of nitrogens with zero attached hydrogens (tertiary/aromatic N) is 2. The Kier molecular flexibility index (Phi) is 3.57. The lowest BCUT2D eigenvalue weighted by Gasteiger charge is -2.06. The SMILES string of the molecule is C/C=C(/C)c1cnn(C)c1-c1cc(C(=O)O)sc1C. The molecule has 0 saturated heterocycles. The summed E-state index contributed by atoms with van der Waals surface area (Å²) < 4.78 is 1.79. The van der Waals surface area contributed by atoms with E-state index >= 15 is 0 Å². The van der Waals surface area contributed by atoms with Gasteiger partial charge in [-0.25, -0.2) is 4.79 Å². The number of carboxylic acids is 1. The lowest BCUT2D eigenvalue weighted by molar-refractivity contribution is 0.0702. The molecule has 0 fully saturated rings. The van der Waals surface area contributed by atoms with Crippen LogP contribution in [0.15, 0.2) is 18.3 Å². The number of hydrogen-bond donors (Lipinski definition) is 1. The van der Waals surface area contributed by atoms with E-state index in [1.165, 1.54) is 11.3 Å². The summed E-state index contributed by atoms with van der Waals surface area (Å²) in [5.74, 6) is -0.883. The third-order valence-corrected chi connectivity index (χ3v) is 4.22. The van der Waals surface area contributed by atoms with E-state index in [1.807, 2.05) is 40.1 Å². The highest BCUT2D eigenvalue weighted by Crippen LogP contribution is 2.35. The maximum atomic E-state index is 11.1. The van der Waals surface area contributed by atoms with Gasteiger partial charge < -0.3 is 5.11 Å². The van der Waals surface area contributed by atoms with Crippen molar-refractivity contribution in [3.8, 4) is 11.3 Å². The Hall–Kier alpha value is -1.88. The smallest absolute Gasteiger partial charge is 0.345 e. The van der Waals surface area contributed by atoms with Gasteiger partial charge in [-0.1, -0.05) is 6.08 Å². The average Bonchev–Trinajstić information content (AvgIpc) is 2.91. The standard InChI is InChI=1S/C14H16N2O2S/c1-5-8(2)11-7-15-16(4)13(11)10-6-12(14(17)18)19-9(10)3/h5-7H,1-4H3,(H,17,18)/b8-5-. The van der Waals surface area contributed by atoms with Crippen LogP contribution in [-0.4, -0.2) is 20.9 Å². The first-order valence-corrected chi connectivity index (χ1v) is 6.76. The first-order valence-electron chi connectivity index (χ1n) is 5.95. The predicted octanol–water partition coefficient (Wildman–Crippen LogP) is 3.58. The Balaban J connectivity index is 2.65. The number of carbonyl (C=O) groups is 1. The van der Waals surface area contributed by atoms with Crippen molar-refractivity contribution < 1.29 is 9.90 Å². The van der Waals surface area contributed by atoms with Gasteiger partial charge in [0.1, 0.15) is 4.88 Å². The van der Waals surface area contributed by atoms with Crippen LogP contribution < -0.4 is 0 Å². The molecule has 0 radical (unpaired) electrons. The zero-order chi connectivity index (χ0) is 14.2. The molecule has 1 N–H and O–H groups in total. The molecule has 2 heterocycles. The van der Waals surface area contributed by atoms with Crippen LogP contribution in [0.5, 0.6) is 0 Å². The van der Waals surface area contributed by atoms with Crippen LogP contribution >= 0.6 is 11.3 Å². The normalized spacial score (nSPS) is 11.9. The molecule has 0 amide bonds. The third-order valence-electron chi connectivity index (χ3n) is 3.18. The van der Waals surface area contributed by atoms with Gasteiger partial charge in [-0.05, 0) is 32.4 Å². The fraction of sp³-hybridized carbons (Fsp3) is 0.286. The fourth-order valence-corrected chi connectivity index (χ4v) is 2.88. The number of aryl methyl sites for hydroxylation is 2. The Labute approximate surface area is 116 Å². The van der Waals surface area contributed by atoms with Crippen LogP contribution in [0.25, 0.3) is 16.8 Å². The Morgan fingerprint density at radius 1 is 1.53 bits per heavy atom. The van der Waals surface area contributed by atoms with E-state index < -0.39 is 5.97 Å². The molecule has 0 atom stereocenters. The second-order valence-corrected chi connectivity index (χ2v) is 5.64. The van der Waals surface area contributed by atoms with Crippen molar-refractivity contribution in [2.24, 2.45) is 7.05 Å². The van der Waals surface area contributed by atoms with Gasteiger partial charge in [-0.2, -0.15) is 5.10 Å². The molecule has 19 heavy (non-hydrogen) atoms. The van der Waals surface area contributed by atoms with E-state index in [4.69, 9.17) is 5.11 Å². The number of rotatable bonds is 3. The Morgan fingerprint density at radius 2 is 2.21 bits per heavy atom. The molecule has 2 aromatic rings. The fourth-order valence-electron chi connectivity index (χ4n) is 2.02. The maximum Gasteiger partial charge on any atom is 0.345 e. The monoisotopic (exact) mass is 276 g/mol. The molecule has 0 spiro atoms. The number of aromatic nitrogens is 2. The number of thiophene rings is 1. The molecular formula is C14H16N2O2S. The van der Waals surface area contributed by atoms with Gasteiger partial charge in [0.05, 0.1) is 11.9 Å². The lowest BCUT2D eigenvalue weighted by Crippen LogP contribution is -1.95. The highest BCUT2D eigenvalue weighted by atomic mass is 32.1. The van der Waals surface area contributed by atoms with Gasteiger partial charge in [0, 0.05) is 23.1 Å². The average molecular weight is 276 g/mol. The molecule has 0 aliphatic heterocycles. The zero-order valence-corrected chi connectivity index (χ0v) is 12.2. The molecule has 0 saturated carbocycles. The topological polar surface area (TPSA) is 55.1 Å². The molecule has 0 aliphatic carbocycles. The molecule has 0 aromatic carbocycles. The van der Waals surface area contributed by atoms with Crippen LogP contribution in [0, 0.1) is 6.92 Å². The van der Waals surface area contributed by atoms with Gasteiger partial charge in [0.25, 0.3) is 0 Å². The highest BCUT2D eigenvalue weighted by Gasteiger charge is 2.18. The molecule has 2 aromatic heterocycles. The first kappa shape index (κ1) is 13.5. The van der Waals surface area contributed by atoms with Crippen molar-refractivity contribution in [2.75, 3.05) is 0 Å². The largest absolute Gasteiger partial charge is 0.477 e. The van der Waals surface area contributed by atoms with Crippen LogP contribution in [-0.2, 0) is 7.05 Å². The minimum atomic E-state index is -0.883. The summed E-state index contributed by atoms with van der Waals surface area (Å²) >= 11 is 1.30. The maximum absolute atomic E-state index is 11.1. The summed E-state index contributed by atoms with van der Waals surface area (Å²) in [5, 5.41) is 13.4. The van der Waals surface area contributed by atoms with E-state index in [-0.39, 0.29) is 0 Å². The molecule has 2 rings (SSSR count). The summed E-state index contributed by atoms with van der Waals surface area (Å²) in [6.45, 7) is 5.95. The summed E-state index contributed by atoms with van der Waals surface area (Å²) in [6.07, 6.45) is 3.85. The van der Waals surface area contributed by atoms with E-state index in [0.29, 0.717) is 4.88 Å². The Morgan fingerprint density at radius 3 is 2.74 bits per heavy atom. The van der Waals surface area contributed by atoms with Gasteiger partial charge in [0.2, 0.25) is 0 Å². The molecule has 0 unspecified atom stereocenters. The predicted molar refractivity (Wildman–Crippen MR) is 77.5 cm³/mol. The number of allylic oxidation sites excluding steroid dienone is 2. The second-order valence-electron chi connectivity index (χ2n) is 4.39. The summed E-state index contributed by atoms with van der Waals surface area (Å²) in [5.41, 5.74) is 4.09. The zero-order valence-electron chi connectivity index (χ0n) is 11.4. The van der Waals surface area contributed by atoms with Crippen LogP contribution in [0.3, 0.4) is 0 Å². The Bertz CT molecular complexity index is 665. The van der Waals surface area contributed by atoms with E-state index in [1.54, 1.807) is 10.7 Å². The van der Waals surface area contributed by atoms with Crippen LogP contribution in [0.2, 0.25) is 0 Å². The quantitative estimate of drug-likeness (QED) is 0.932. The highest BCUT2D eigenvalue weighted by molar-refractivity contribution is 7.14. The minimum absolute atomic E-state index is 0.359. The first-order chi connectivity index (χ1) is 8.95. The summed E-state index contributed by atoms with van der Waals surface area (Å²) in [6, 6.07) is 1.73. The lowest BCUT2D eigenvalue weighted by atomic mass is 10.0. The molecule has 0 aliphatic rings. The van der Waals surface area contributed by atoms with Crippen molar-refractivity contribution in [3.63, 3.8) is 0 Å². The number of aromatic carboxylic acids is 1. The van der Waals surface area contributed by atoms with E-state index in [2.05, 4.69) is 5.10 Å². The molecule has 0 bridgehead atoms. The second kappa shape index (κ2) is 5.01. The van der Waals surface area contributed by atoms with Crippen LogP contribution in [0.1, 0.15) is 34.0 Å². The van der Waals surface area contributed by atoms with Crippen molar-refractivity contribution in [2.45, 2.75) is 20.8 Å². The third kappa shape index (κ3) is 2.33. The van der Waals surface area contributed by atoms with Crippen molar-refractivity contribution in [1.82, 2.24) is 9.78 Å². The molecule has 4 nitrogen and oxygen atoms in total. The van der Waals surface area contributed by atoms with Gasteiger partial charge in [-0.15, -0.1) is 11.3 Å². The van der Waals surface area contributed by atoms with Crippen LogP contribution in [0.4, 0.5) is 0 Å². The van der Waals surface area contributed by atoms with Crippen molar-refractivity contribution >= 4 is 22.9 Å². The summed E-state index contributed by atoms with van der Waals surface area (Å²) in [4.78, 5) is 12.4. The summed E-state index contributed by atoms with van der Waals surface area (Å²) in [7, 11) is 1.87. The molecular weight excluding hydrogens is 260 g/mol. The number of hydrogen-bond acceptors (Lipinski definition) is 3. The van der Waals surface area contributed by atoms with E-state index in [0.717, 1.165) is 27.3 Å². The minimum Gasteiger partial charge on any atom is -0.477 e.